The summed E-state index contributed by atoms with van der Waals surface area (Å²) in [6, 6.07) is 11.4. The van der Waals surface area contributed by atoms with Crippen LogP contribution in [0.2, 0.25) is 0 Å². The van der Waals surface area contributed by atoms with Gasteiger partial charge in [-0.05, 0) is 78.9 Å². The summed E-state index contributed by atoms with van der Waals surface area (Å²) in [4.78, 5) is 40.9. The average molecular weight is 669 g/mol. The van der Waals surface area contributed by atoms with Crippen molar-refractivity contribution in [3.8, 4) is 17.2 Å². The Balaban J connectivity index is 1.44. The van der Waals surface area contributed by atoms with Crippen molar-refractivity contribution in [2.75, 3.05) is 26.8 Å². The maximum Gasteiger partial charge on any atom is 0.258 e. The van der Waals surface area contributed by atoms with Crippen molar-refractivity contribution in [2.24, 2.45) is 5.14 Å². The van der Waals surface area contributed by atoms with E-state index < -0.39 is 46.4 Å². The molecule has 5 rings (SSSR count). The van der Waals surface area contributed by atoms with Gasteiger partial charge in [-0.1, -0.05) is 6.07 Å². The number of nitrogens with zero attached hydrogens (tertiary/aromatic N) is 1. The van der Waals surface area contributed by atoms with E-state index in [2.05, 4.69) is 10.6 Å². The van der Waals surface area contributed by atoms with Crippen molar-refractivity contribution in [1.82, 2.24) is 15.5 Å². The molecular formula is C33H37FN4O8S. The second kappa shape index (κ2) is 14.0. The van der Waals surface area contributed by atoms with Gasteiger partial charge in [0, 0.05) is 44.1 Å². The number of carbonyl (C=O) groups excluding carboxylic acids is 3. The molecule has 4 N–H and O–H groups in total. The zero-order valence-corrected chi connectivity index (χ0v) is 27.1. The molecule has 0 radical (unpaired) electrons. The summed E-state index contributed by atoms with van der Waals surface area (Å²) in [5.41, 5.74) is 2.44. The standard InChI is InChI=1S/C33H37FN4O8S/c1-19-10-23(14-30(20(19)2)47(35,42)43)33(41)38-9-8-27-26(17-38)37-32(40)18-45-29-13-21(4-6-28(29)44-3)5-7-31(39)36-16-22-11-24(34)15-25(12-22)46-27/h4,6,10-15,26-27H,5,7-9,16-18H2,1-3H3,(H,36,39)(H,37,40)(H2,35,42,43)/t26-,27-/m1/s1. The summed E-state index contributed by atoms with van der Waals surface area (Å²) in [5.74, 6) is -0.825. The fourth-order valence-electron chi connectivity index (χ4n) is 5.72. The highest BCUT2D eigenvalue weighted by Crippen LogP contribution is 2.29. The molecule has 12 nitrogen and oxygen atoms in total. The van der Waals surface area contributed by atoms with Crippen LogP contribution in [0.5, 0.6) is 17.2 Å². The fraction of sp³-hybridized carbons (Fsp3) is 0.364. The third-order valence-corrected chi connectivity index (χ3v) is 9.33. The minimum Gasteiger partial charge on any atom is -0.493 e. The molecule has 3 amide bonds. The maximum absolute atomic E-state index is 14.6. The van der Waals surface area contributed by atoms with Crippen molar-refractivity contribution in [1.29, 1.82) is 0 Å². The summed E-state index contributed by atoms with van der Waals surface area (Å²) in [7, 11) is -2.61. The van der Waals surface area contributed by atoms with E-state index in [1.54, 1.807) is 44.2 Å². The SMILES string of the molecule is COc1ccc2cc1OCC(=O)N[C@@H]1CN(C(=O)c3cc(C)c(C)c(S(N)(=O)=O)c3)CC[C@H]1Oc1cc(F)cc(c1)CNC(=O)CC2. The van der Waals surface area contributed by atoms with Gasteiger partial charge >= 0.3 is 0 Å². The van der Waals surface area contributed by atoms with Gasteiger partial charge in [-0.3, -0.25) is 14.4 Å². The van der Waals surface area contributed by atoms with Crippen LogP contribution in [0.15, 0.2) is 53.4 Å². The van der Waals surface area contributed by atoms with Crippen molar-refractivity contribution in [2.45, 2.75) is 56.7 Å². The monoisotopic (exact) mass is 668 g/mol. The number of carbonyl (C=O) groups is 3. The van der Waals surface area contributed by atoms with E-state index in [9.17, 15) is 27.2 Å². The lowest BCUT2D eigenvalue weighted by Crippen LogP contribution is -2.58. The van der Waals surface area contributed by atoms with E-state index in [4.69, 9.17) is 19.3 Å². The Morgan fingerprint density at radius 1 is 1.04 bits per heavy atom. The summed E-state index contributed by atoms with van der Waals surface area (Å²) >= 11 is 0. The van der Waals surface area contributed by atoms with Gasteiger partial charge in [-0.15, -0.1) is 0 Å². The van der Waals surface area contributed by atoms with E-state index in [-0.39, 0.29) is 54.6 Å². The molecule has 2 atom stereocenters. The normalized spacial score (nSPS) is 19.1. The largest absolute Gasteiger partial charge is 0.493 e. The molecule has 4 bridgehead atoms. The molecule has 14 heteroatoms. The second-order valence-corrected chi connectivity index (χ2v) is 13.2. The Kier molecular flexibility index (Phi) is 10.0. The number of benzene rings is 3. The number of nitrogens with two attached hydrogens (primary N) is 1. The highest BCUT2D eigenvalue weighted by molar-refractivity contribution is 7.89. The number of aryl methyl sites for hydroxylation is 2. The molecule has 0 saturated carbocycles. The molecule has 1 saturated heterocycles. The topological polar surface area (TPSA) is 166 Å². The van der Waals surface area contributed by atoms with E-state index >= 15 is 0 Å². The number of hydrogen-bond acceptors (Lipinski definition) is 8. The first-order valence-electron chi connectivity index (χ1n) is 15.1. The number of amides is 3. The summed E-state index contributed by atoms with van der Waals surface area (Å²) in [6.45, 7) is 3.19. The number of nitrogens with one attached hydrogen (secondary N) is 2. The van der Waals surface area contributed by atoms with E-state index in [1.165, 1.54) is 30.2 Å². The van der Waals surface area contributed by atoms with Crippen molar-refractivity contribution in [3.63, 3.8) is 0 Å². The van der Waals surface area contributed by atoms with Crippen LogP contribution in [0.3, 0.4) is 0 Å². The third-order valence-electron chi connectivity index (χ3n) is 8.29. The van der Waals surface area contributed by atoms with E-state index in [0.29, 0.717) is 34.6 Å². The Bertz CT molecular complexity index is 1820. The number of likely N-dealkylation sites (tertiary alicyclic amines) is 1. The van der Waals surface area contributed by atoms with Crippen molar-refractivity contribution < 1.29 is 41.4 Å². The van der Waals surface area contributed by atoms with Crippen molar-refractivity contribution in [3.05, 3.63) is 82.2 Å². The molecule has 250 valence electrons. The van der Waals surface area contributed by atoms with Crippen molar-refractivity contribution >= 4 is 27.7 Å². The number of fused-ring (bicyclic) bond motifs is 5. The van der Waals surface area contributed by atoms with Crippen LogP contribution in [0.1, 0.15) is 45.5 Å². The first kappa shape index (κ1) is 33.7. The Morgan fingerprint density at radius 3 is 2.57 bits per heavy atom. The number of hydrogen-bond donors (Lipinski definition) is 3. The molecule has 0 spiro atoms. The minimum absolute atomic E-state index is 0.00388. The molecule has 2 aliphatic heterocycles. The number of primary sulfonamides is 1. The predicted molar refractivity (Wildman–Crippen MR) is 169 cm³/mol. The zero-order chi connectivity index (χ0) is 33.9. The van der Waals surface area contributed by atoms with Gasteiger partial charge in [0.1, 0.15) is 17.7 Å². The highest BCUT2D eigenvalue weighted by atomic mass is 32.2. The molecule has 2 heterocycles. The molecule has 3 aromatic rings. The molecule has 0 unspecified atom stereocenters. The number of rotatable bonds is 3. The molecule has 0 aliphatic carbocycles. The van der Waals surface area contributed by atoms with Crippen LogP contribution in [-0.4, -0.2) is 70.0 Å². The van der Waals surface area contributed by atoms with E-state index in [0.717, 1.165) is 5.56 Å². The van der Waals surface area contributed by atoms with Gasteiger partial charge in [-0.2, -0.15) is 0 Å². The van der Waals surface area contributed by atoms with Gasteiger partial charge in [0.25, 0.3) is 11.8 Å². The molecule has 1 fully saturated rings. The lowest BCUT2D eigenvalue weighted by atomic mass is 9.99. The zero-order valence-electron chi connectivity index (χ0n) is 26.3. The quantitative estimate of drug-likeness (QED) is 0.383. The summed E-state index contributed by atoms with van der Waals surface area (Å²) in [6.07, 6.45) is 0.143. The lowest BCUT2D eigenvalue weighted by molar-refractivity contribution is -0.125. The van der Waals surface area contributed by atoms with Crippen LogP contribution >= 0.6 is 0 Å². The molecule has 2 aliphatic rings. The smallest absolute Gasteiger partial charge is 0.258 e. The number of halogens is 1. The van der Waals surface area contributed by atoms with Gasteiger partial charge < -0.3 is 29.7 Å². The number of sulfonamides is 1. The molecule has 0 aromatic heterocycles. The Labute approximate surface area is 272 Å². The fourth-order valence-corrected chi connectivity index (χ4v) is 6.60. The van der Waals surface area contributed by atoms with Crippen LogP contribution in [0.25, 0.3) is 0 Å². The molecule has 47 heavy (non-hydrogen) atoms. The molecule has 3 aromatic carbocycles. The summed E-state index contributed by atoms with van der Waals surface area (Å²) < 4.78 is 56.5. The predicted octanol–water partition coefficient (Wildman–Crippen LogP) is 2.52. The highest BCUT2D eigenvalue weighted by Gasteiger charge is 2.35. The first-order valence-corrected chi connectivity index (χ1v) is 16.6. The van der Waals surface area contributed by atoms with Crippen LogP contribution < -0.4 is 30.0 Å². The second-order valence-electron chi connectivity index (χ2n) is 11.7. The third kappa shape index (κ3) is 8.19. The summed E-state index contributed by atoms with van der Waals surface area (Å²) in [5, 5.41) is 11.1. The first-order chi connectivity index (χ1) is 22.3. The lowest BCUT2D eigenvalue weighted by Gasteiger charge is -2.39. The van der Waals surface area contributed by atoms with Gasteiger partial charge in [-0.25, -0.2) is 17.9 Å². The Morgan fingerprint density at radius 2 is 1.83 bits per heavy atom. The Hall–Kier alpha value is -4.69. The van der Waals surface area contributed by atoms with Gasteiger partial charge in [0.15, 0.2) is 18.1 Å². The molecular weight excluding hydrogens is 631 g/mol. The van der Waals surface area contributed by atoms with Gasteiger partial charge in [0.2, 0.25) is 15.9 Å². The van der Waals surface area contributed by atoms with E-state index in [1.807, 2.05) is 0 Å². The maximum atomic E-state index is 14.6. The average Bonchev–Trinajstić information content (AvgIpc) is 3.02. The van der Waals surface area contributed by atoms with Crippen LogP contribution in [0.4, 0.5) is 4.39 Å². The van der Waals surface area contributed by atoms with Crippen LogP contribution in [-0.2, 0) is 32.6 Å². The number of ether oxygens (including phenoxy) is 3. The van der Waals surface area contributed by atoms with Crippen LogP contribution in [0, 0.1) is 19.7 Å². The number of piperidine rings is 1. The minimum atomic E-state index is -4.09. The number of methoxy groups -OCH3 is 1. The van der Waals surface area contributed by atoms with Gasteiger partial charge in [0.05, 0.1) is 18.0 Å².